The average Bonchev–Trinajstić information content (AvgIpc) is 3.73. The molecule has 47 heavy (non-hydrogen) atoms. The molecule has 246 valence electrons. The van der Waals surface area contributed by atoms with E-state index in [1.165, 1.54) is 25.1 Å². The number of alkyl halides is 3. The van der Waals surface area contributed by atoms with Gasteiger partial charge in [0.25, 0.3) is 6.08 Å². The Labute approximate surface area is 264 Å². The van der Waals surface area contributed by atoms with Crippen LogP contribution in [0.1, 0.15) is 42.5 Å². The number of nitrogens with zero attached hydrogens (tertiary/aromatic N) is 7. The first-order valence-electron chi connectivity index (χ1n) is 15.1. The van der Waals surface area contributed by atoms with Crippen LogP contribution in [0.5, 0.6) is 6.01 Å². The molecular weight excluding hydrogens is 628 g/mol. The predicted octanol–water partition coefficient (Wildman–Crippen LogP) is 5.84. The maximum atomic E-state index is 16.9. The highest BCUT2D eigenvalue weighted by Crippen LogP contribution is 2.46. The first kappa shape index (κ1) is 31.0. The van der Waals surface area contributed by atoms with Crippen molar-refractivity contribution in [3.63, 3.8) is 0 Å². The number of hydrogen-bond donors (Lipinski definition) is 2. The zero-order valence-corrected chi connectivity index (χ0v) is 25.2. The Morgan fingerprint density at radius 1 is 1.15 bits per heavy atom. The summed E-state index contributed by atoms with van der Waals surface area (Å²) >= 11 is 0. The molecule has 0 aliphatic carbocycles. The fourth-order valence-corrected chi connectivity index (χ4v) is 7.33. The van der Waals surface area contributed by atoms with E-state index < -0.39 is 34.8 Å². The van der Waals surface area contributed by atoms with Crippen molar-refractivity contribution in [2.45, 2.75) is 44.3 Å². The lowest BCUT2D eigenvalue weighted by atomic mass is 9.90. The Bertz CT molecular complexity index is 1940. The molecule has 0 bridgehead atoms. The zero-order chi connectivity index (χ0) is 33.1. The average molecular weight is 658 g/mol. The van der Waals surface area contributed by atoms with Gasteiger partial charge < -0.3 is 9.64 Å². The lowest BCUT2D eigenvalue weighted by Gasteiger charge is -2.36. The van der Waals surface area contributed by atoms with Gasteiger partial charge in [-0.3, -0.25) is 15.0 Å². The van der Waals surface area contributed by atoms with Crippen molar-refractivity contribution in [1.82, 2.24) is 35.5 Å². The molecule has 3 saturated heterocycles. The Balaban J connectivity index is 1.42. The van der Waals surface area contributed by atoms with E-state index in [-0.39, 0.29) is 70.3 Å². The lowest BCUT2D eigenvalue weighted by molar-refractivity contribution is -0.137. The van der Waals surface area contributed by atoms with Gasteiger partial charge in [0, 0.05) is 35.0 Å². The number of hydrogen-bond acceptors (Lipinski definition) is 9. The van der Waals surface area contributed by atoms with Crippen molar-refractivity contribution in [3.8, 4) is 23.2 Å². The highest BCUT2D eigenvalue weighted by Gasteiger charge is 2.45. The Hall–Kier alpha value is -4.62. The van der Waals surface area contributed by atoms with Crippen LogP contribution in [-0.2, 0) is 6.18 Å². The molecule has 16 heteroatoms. The van der Waals surface area contributed by atoms with Gasteiger partial charge in [-0.05, 0) is 63.4 Å². The molecule has 3 aliphatic rings. The molecule has 0 saturated carbocycles. The number of nitrogens with one attached hydrogen (secondary N) is 2. The monoisotopic (exact) mass is 657 g/mol. The van der Waals surface area contributed by atoms with Crippen LogP contribution >= 0.6 is 0 Å². The van der Waals surface area contributed by atoms with Crippen molar-refractivity contribution in [2.75, 3.05) is 44.4 Å². The molecule has 0 spiro atoms. The van der Waals surface area contributed by atoms with Crippen molar-refractivity contribution >= 4 is 27.6 Å². The van der Waals surface area contributed by atoms with Crippen LogP contribution in [0, 0.1) is 24.1 Å². The van der Waals surface area contributed by atoms with E-state index in [0.29, 0.717) is 12.7 Å². The molecule has 0 amide bonds. The second-order valence-electron chi connectivity index (χ2n) is 12.1. The van der Waals surface area contributed by atoms with E-state index in [9.17, 15) is 27.2 Å². The first-order valence-corrected chi connectivity index (χ1v) is 15.1. The van der Waals surface area contributed by atoms with E-state index in [1.807, 2.05) is 0 Å². The fourth-order valence-electron chi connectivity index (χ4n) is 7.33. The third-order valence-electron chi connectivity index (χ3n) is 9.33. The minimum absolute atomic E-state index is 0.0960. The third kappa shape index (κ3) is 5.36. The SMILES string of the molecule is Cc1cc2[nH]nc(C#N)c2c(-c2ccc3c(N4CCNN(C=C(F)F)C4)nc(OCC45CCCN4CCC5)nc3c2F)c1C(F)(F)F. The molecule has 0 radical (unpaired) electrons. The number of rotatable bonds is 6. The van der Waals surface area contributed by atoms with E-state index in [2.05, 4.69) is 30.5 Å². The molecule has 10 nitrogen and oxygen atoms in total. The molecule has 2 aromatic carbocycles. The molecule has 3 fully saturated rings. The molecule has 5 heterocycles. The van der Waals surface area contributed by atoms with Crippen molar-refractivity contribution < 1.29 is 31.1 Å². The van der Waals surface area contributed by atoms with Crippen LogP contribution < -0.4 is 15.1 Å². The van der Waals surface area contributed by atoms with Gasteiger partial charge in [-0.15, -0.1) is 0 Å². The van der Waals surface area contributed by atoms with Crippen molar-refractivity contribution in [1.29, 1.82) is 5.26 Å². The fraction of sp³-hybridized carbons (Fsp3) is 0.419. The van der Waals surface area contributed by atoms with E-state index in [1.54, 1.807) is 11.0 Å². The summed E-state index contributed by atoms with van der Waals surface area (Å²) in [5.74, 6) is -0.907. The summed E-state index contributed by atoms with van der Waals surface area (Å²) in [6, 6.07) is 5.43. The maximum absolute atomic E-state index is 16.9. The number of aromatic amines is 1. The number of aryl methyl sites for hydroxylation is 1. The predicted molar refractivity (Wildman–Crippen MR) is 160 cm³/mol. The standard InChI is InChI=1S/C31H29F6N9O/c1-17-12-20-24(21(13-38)43-42-20)23(25(17)31(35,36)37)18-4-5-19-27(26(18)34)40-29(47-15-30-6-2-9-45(30)10-3-7-30)41-28(19)44-11-8-39-46(16-44)14-22(32)33/h4-5,12,14,39H,2-3,6-11,15-16H2,1H3,(H,42,43). The number of ether oxygens (including phenoxy) is 1. The van der Waals surface area contributed by atoms with E-state index >= 15 is 4.39 Å². The molecule has 7 rings (SSSR count). The van der Waals surface area contributed by atoms with Crippen LogP contribution in [0.15, 0.2) is 30.5 Å². The second kappa shape index (κ2) is 11.6. The number of halogens is 6. The highest BCUT2D eigenvalue weighted by atomic mass is 19.4. The summed E-state index contributed by atoms with van der Waals surface area (Å²) in [6.45, 7) is 3.81. The van der Waals surface area contributed by atoms with Crippen molar-refractivity contribution in [2.24, 2.45) is 0 Å². The number of hydrazine groups is 1. The zero-order valence-electron chi connectivity index (χ0n) is 25.2. The van der Waals surface area contributed by atoms with E-state index in [0.717, 1.165) is 43.8 Å². The molecule has 0 unspecified atom stereocenters. The van der Waals surface area contributed by atoms with Crippen LogP contribution in [0.2, 0.25) is 0 Å². The Morgan fingerprint density at radius 3 is 2.62 bits per heavy atom. The first-order chi connectivity index (χ1) is 22.5. The number of H-pyrrole nitrogens is 1. The maximum Gasteiger partial charge on any atom is 0.417 e. The summed E-state index contributed by atoms with van der Waals surface area (Å²) in [7, 11) is 0. The number of fused-ring (bicyclic) bond motifs is 3. The summed E-state index contributed by atoms with van der Waals surface area (Å²) in [5.41, 5.74) is -0.140. The molecular formula is C31H29F6N9O. The van der Waals surface area contributed by atoms with Crippen LogP contribution in [-0.4, -0.2) is 75.1 Å². The number of anilines is 1. The van der Waals surface area contributed by atoms with Gasteiger partial charge in [0.05, 0.1) is 22.8 Å². The largest absolute Gasteiger partial charge is 0.461 e. The molecule has 2 aromatic heterocycles. The quantitative estimate of drug-likeness (QED) is 0.247. The Kier molecular flexibility index (Phi) is 7.63. The number of aromatic nitrogens is 4. The van der Waals surface area contributed by atoms with E-state index in [4.69, 9.17) is 4.74 Å². The second-order valence-corrected chi connectivity index (χ2v) is 12.1. The van der Waals surface area contributed by atoms with Gasteiger partial charge in [0.2, 0.25) is 0 Å². The van der Waals surface area contributed by atoms with Gasteiger partial charge in [0.1, 0.15) is 30.7 Å². The van der Waals surface area contributed by atoms with Gasteiger partial charge in [-0.25, -0.2) is 9.82 Å². The highest BCUT2D eigenvalue weighted by molar-refractivity contribution is 6.03. The van der Waals surface area contributed by atoms with Gasteiger partial charge in [-0.1, -0.05) is 6.07 Å². The molecule has 4 aromatic rings. The van der Waals surface area contributed by atoms with Crippen LogP contribution in [0.4, 0.5) is 32.2 Å². The summed E-state index contributed by atoms with van der Waals surface area (Å²) in [4.78, 5) is 13.0. The van der Waals surface area contributed by atoms with Crippen molar-refractivity contribution in [3.05, 3.63) is 53.1 Å². The summed E-state index contributed by atoms with van der Waals surface area (Å²) in [5, 5.41) is 17.3. The minimum Gasteiger partial charge on any atom is -0.461 e. The third-order valence-corrected chi connectivity index (χ3v) is 9.33. The summed E-state index contributed by atoms with van der Waals surface area (Å²) in [6.07, 6.45) is -2.37. The minimum atomic E-state index is -4.90. The van der Waals surface area contributed by atoms with Gasteiger partial charge >= 0.3 is 12.2 Å². The molecule has 3 aliphatic heterocycles. The number of nitriles is 1. The number of benzene rings is 2. The molecule has 2 N–H and O–H groups in total. The normalized spacial score (nSPS) is 18.2. The summed E-state index contributed by atoms with van der Waals surface area (Å²) < 4.78 is 93.1. The smallest absolute Gasteiger partial charge is 0.417 e. The van der Waals surface area contributed by atoms with Crippen LogP contribution in [0.25, 0.3) is 32.9 Å². The molecule has 0 atom stereocenters. The lowest BCUT2D eigenvalue weighted by Crippen LogP contribution is -2.52. The van der Waals surface area contributed by atoms with Gasteiger partial charge in [-0.2, -0.15) is 42.3 Å². The van der Waals surface area contributed by atoms with Crippen LogP contribution in [0.3, 0.4) is 0 Å². The topological polar surface area (TPSA) is 109 Å². The van der Waals surface area contributed by atoms with Gasteiger partial charge in [0.15, 0.2) is 11.5 Å². The Morgan fingerprint density at radius 2 is 1.91 bits per heavy atom.